The molecule has 0 N–H and O–H groups in total. The number of nitrogens with zero attached hydrogens (tertiary/aromatic N) is 1. The van der Waals surface area contributed by atoms with Crippen molar-refractivity contribution in [2.75, 3.05) is 0 Å². The van der Waals surface area contributed by atoms with Crippen LogP contribution in [0.1, 0.15) is 30.9 Å². The van der Waals surface area contributed by atoms with Crippen LogP contribution in [-0.2, 0) is 5.88 Å². The highest BCUT2D eigenvalue weighted by Gasteiger charge is 2.11. The number of aromatic nitrogens is 1. The van der Waals surface area contributed by atoms with E-state index in [1.165, 1.54) is 0 Å². The topological polar surface area (TPSA) is 22.1 Å². The second-order valence-corrected chi connectivity index (χ2v) is 6.28. The SMILES string of the molecule is CC(C)c1cc(Br)ccc1Oc1cc(CCl)c(Cl)cn1. The normalized spacial score (nSPS) is 10.9. The summed E-state index contributed by atoms with van der Waals surface area (Å²) in [6, 6.07) is 7.69. The van der Waals surface area contributed by atoms with Crippen molar-refractivity contribution in [3.8, 4) is 11.6 Å². The Balaban J connectivity index is 2.34. The fourth-order valence-corrected chi connectivity index (χ4v) is 2.63. The molecule has 0 atom stereocenters. The largest absolute Gasteiger partial charge is 0.439 e. The quantitative estimate of drug-likeness (QED) is 0.598. The Morgan fingerprint density at radius 1 is 1.30 bits per heavy atom. The van der Waals surface area contributed by atoms with E-state index in [9.17, 15) is 0 Å². The fourth-order valence-electron chi connectivity index (χ4n) is 1.79. The second-order valence-electron chi connectivity index (χ2n) is 4.69. The van der Waals surface area contributed by atoms with E-state index in [4.69, 9.17) is 27.9 Å². The van der Waals surface area contributed by atoms with E-state index in [1.807, 2.05) is 12.1 Å². The third-order valence-corrected chi connectivity index (χ3v) is 3.98. The number of ether oxygens (including phenoxy) is 1. The lowest BCUT2D eigenvalue weighted by Gasteiger charge is -2.14. The predicted molar refractivity (Wildman–Crippen MR) is 87.1 cm³/mol. The molecule has 2 rings (SSSR count). The number of halogens is 3. The lowest BCUT2D eigenvalue weighted by atomic mass is 10.0. The Kier molecular flexibility index (Phi) is 5.30. The monoisotopic (exact) mass is 373 g/mol. The van der Waals surface area contributed by atoms with Gasteiger partial charge in [0.2, 0.25) is 5.88 Å². The molecule has 2 aromatic rings. The molecule has 0 saturated heterocycles. The van der Waals surface area contributed by atoms with Gasteiger partial charge in [0.25, 0.3) is 0 Å². The van der Waals surface area contributed by atoms with Crippen LogP contribution in [0.2, 0.25) is 5.02 Å². The zero-order chi connectivity index (χ0) is 14.7. The van der Waals surface area contributed by atoms with Crippen LogP contribution in [-0.4, -0.2) is 4.98 Å². The lowest BCUT2D eigenvalue weighted by molar-refractivity contribution is 0.454. The molecule has 20 heavy (non-hydrogen) atoms. The lowest BCUT2D eigenvalue weighted by Crippen LogP contribution is -1.96. The maximum absolute atomic E-state index is 5.99. The molecule has 0 amide bonds. The summed E-state index contributed by atoms with van der Waals surface area (Å²) in [5, 5.41) is 0.548. The van der Waals surface area contributed by atoms with Gasteiger partial charge in [0.05, 0.1) is 5.02 Å². The Hall–Kier alpha value is -0.770. The number of benzene rings is 1. The minimum Gasteiger partial charge on any atom is -0.439 e. The Bertz CT molecular complexity index is 617. The van der Waals surface area contributed by atoms with Crippen molar-refractivity contribution >= 4 is 39.1 Å². The van der Waals surface area contributed by atoms with Crippen LogP contribution in [0.4, 0.5) is 0 Å². The molecule has 0 aliphatic carbocycles. The first-order valence-corrected chi connectivity index (χ1v) is 7.89. The molecule has 5 heteroatoms. The molecule has 0 saturated carbocycles. The van der Waals surface area contributed by atoms with Crippen LogP contribution >= 0.6 is 39.1 Å². The van der Waals surface area contributed by atoms with E-state index >= 15 is 0 Å². The second kappa shape index (κ2) is 6.79. The first kappa shape index (κ1) is 15.6. The summed E-state index contributed by atoms with van der Waals surface area (Å²) in [6.07, 6.45) is 1.56. The molecule has 0 unspecified atom stereocenters. The molecule has 1 aromatic heterocycles. The third kappa shape index (κ3) is 3.66. The van der Waals surface area contributed by atoms with E-state index in [0.717, 1.165) is 21.3 Å². The van der Waals surface area contributed by atoms with Gasteiger partial charge in [0.15, 0.2) is 0 Å². The van der Waals surface area contributed by atoms with Gasteiger partial charge in [-0.25, -0.2) is 4.98 Å². The molecule has 0 aliphatic heterocycles. The van der Waals surface area contributed by atoms with E-state index in [2.05, 4.69) is 40.8 Å². The average Bonchev–Trinajstić information content (AvgIpc) is 2.42. The zero-order valence-corrected chi connectivity index (χ0v) is 14.3. The number of hydrogen-bond acceptors (Lipinski definition) is 2. The minimum absolute atomic E-state index is 0.328. The Labute approximate surface area is 137 Å². The summed E-state index contributed by atoms with van der Waals surface area (Å²) < 4.78 is 6.90. The van der Waals surface area contributed by atoms with Crippen molar-refractivity contribution in [3.05, 3.63) is 51.1 Å². The van der Waals surface area contributed by atoms with E-state index in [1.54, 1.807) is 12.3 Å². The van der Waals surface area contributed by atoms with E-state index in [0.29, 0.717) is 22.7 Å². The molecule has 2 nitrogen and oxygen atoms in total. The molecule has 0 bridgehead atoms. The van der Waals surface area contributed by atoms with Crippen LogP contribution in [0.25, 0.3) is 0 Å². The molecule has 106 valence electrons. The van der Waals surface area contributed by atoms with Crippen molar-refractivity contribution in [3.63, 3.8) is 0 Å². The van der Waals surface area contributed by atoms with Gasteiger partial charge in [-0.05, 0) is 35.2 Å². The molecule has 0 spiro atoms. The number of hydrogen-bond donors (Lipinski definition) is 0. The van der Waals surface area contributed by atoms with Crippen molar-refractivity contribution in [1.82, 2.24) is 4.98 Å². The fraction of sp³-hybridized carbons (Fsp3) is 0.267. The highest BCUT2D eigenvalue weighted by Crippen LogP contribution is 2.33. The van der Waals surface area contributed by atoms with Gasteiger partial charge < -0.3 is 4.74 Å². The van der Waals surface area contributed by atoms with Crippen LogP contribution in [0, 0.1) is 0 Å². The van der Waals surface area contributed by atoms with Crippen molar-refractivity contribution in [2.45, 2.75) is 25.6 Å². The minimum atomic E-state index is 0.328. The molecular weight excluding hydrogens is 361 g/mol. The van der Waals surface area contributed by atoms with E-state index < -0.39 is 0 Å². The summed E-state index contributed by atoms with van der Waals surface area (Å²) in [6.45, 7) is 4.24. The first-order valence-electron chi connectivity index (χ1n) is 6.19. The molecule has 1 heterocycles. The summed E-state index contributed by atoms with van der Waals surface area (Å²) in [4.78, 5) is 4.18. The molecule has 0 fully saturated rings. The van der Waals surface area contributed by atoms with Gasteiger partial charge in [-0.2, -0.15) is 0 Å². The smallest absolute Gasteiger partial charge is 0.219 e. The van der Waals surface area contributed by atoms with Gasteiger partial charge in [-0.3, -0.25) is 0 Å². The van der Waals surface area contributed by atoms with Gasteiger partial charge in [0, 0.05) is 22.6 Å². The summed E-state index contributed by atoms with van der Waals surface area (Å²) in [7, 11) is 0. The van der Waals surface area contributed by atoms with Crippen LogP contribution in [0.3, 0.4) is 0 Å². The van der Waals surface area contributed by atoms with Crippen LogP contribution < -0.4 is 4.74 Å². The van der Waals surface area contributed by atoms with Crippen LogP contribution in [0.5, 0.6) is 11.6 Å². The standard InChI is InChI=1S/C15H14BrCl2NO/c1-9(2)12-6-11(16)3-4-14(12)20-15-5-10(7-17)13(18)8-19-15/h3-6,8-9H,7H2,1-2H3. The molecular formula is C15H14BrCl2NO. The van der Waals surface area contributed by atoms with Gasteiger partial charge >= 0.3 is 0 Å². The number of pyridine rings is 1. The maximum Gasteiger partial charge on any atom is 0.219 e. The van der Waals surface area contributed by atoms with Gasteiger partial charge in [-0.15, -0.1) is 11.6 Å². The first-order chi connectivity index (χ1) is 9.51. The maximum atomic E-state index is 5.99. The molecule has 1 aromatic carbocycles. The van der Waals surface area contributed by atoms with Gasteiger partial charge in [0.1, 0.15) is 5.75 Å². The van der Waals surface area contributed by atoms with Crippen molar-refractivity contribution in [1.29, 1.82) is 0 Å². The predicted octanol–water partition coefficient (Wildman–Crippen LogP) is 6.15. The third-order valence-electron chi connectivity index (χ3n) is 2.86. The zero-order valence-electron chi connectivity index (χ0n) is 11.2. The summed E-state index contributed by atoms with van der Waals surface area (Å²) in [5.74, 6) is 1.96. The molecule has 0 aliphatic rings. The number of rotatable bonds is 4. The van der Waals surface area contributed by atoms with Crippen LogP contribution in [0.15, 0.2) is 34.9 Å². The van der Waals surface area contributed by atoms with E-state index in [-0.39, 0.29) is 0 Å². The average molecular weight is 375 g/mol. The van der Waals surface area contributed by atoms with Crippen molar-refractivity contribution in [2.24, 2.45) is 0 Å². The summed E-state index contributed by atoms with van der Waals surface area (Å²) >= 11 is 15.3. The Morgan fingerprint density at radius 2 is 2.05 bits per heavy atom. The highest BCUT2D eigenvalue weighted by molar-refractivity contribution is 9.10. The van der Waals surface area contributed by atoms with Gasteiger partial charge in [-0.1, -0.05) is 41.4 Å². The summed E-state index contributed by atoms with van der Waals surface area (Å²) in [5.41, 5.74) is 1.92. The highest BCUT2D eigenvalue weighted by atomic mass is 79.9. The number of alkyl halides is 1. The molecule has 0 radical (unpaired) electrons. The Morgan fingerprint density at radius 3 is 2.70 bits per heavy atom. The van der Waals surface area contributed by atoms with Crippen molar-refractivity contribution < 1.29 is 4.74 Å².